The minimum atomic E-state index is -3.45. The van der Waals surface area contributed by atoms with Gasteiger partial charge >= 0.3 is 6.09 Å². The first kappa shape index (κ1) is 26.2. The van der Waals surface area contributed by atoms with Gasteiger partial charge in [0.2, 0.25) is 0 Å². The highest BCUT2D eigenvalue weighted by atomic mass is 32.2. The van der Waals surface area contributed by atoms with E-state index in [2.05, 4.69) is 53.4 Å². The molecule has 1 N–H and O–H groups in total. The highest BCUT2D eigenvalue weighted by molar-refractivity contribution is 7.86. The summed E-state index contributed by atoms with van der Waals surface area (Å²) >= 11 is 0. The van der Waals surface area contributed by atoms with E-state index in [1.807, 2.05) is 12.1 Å². The Bertz CT molecular complexity index is 989. The molecule has 2 saturated heterocycles. The number of amides is 1. The topological polar surface area (TPSA) is 96.4 Å². The molecule has 34 heavy (non-hydrogen) atoms. The minimum absolute atomic E-state index is 0.167. The summed E-state index contributed by atoms with van der Waals surface area (Å²) in [6.07, 6.45) is -0.0633. The van der Waals surface area contributed by atoms with Crippen molar-refractivity contribution in [1.82, 2.24) is 9.80 Å². The molecule has 2 heterocycles. The molecule has 0 aromatic heterocycles. The maximum atomic E-state index is 11.5. The summed E-state index contributed by atoms with van der Waals surface area (Å²) in [7, 11) is -3.45. The fourth-order valence-corrected chi connectivity index (χ4v) is 4.42. The zero-order valence-electron chi connectivity index (χ0n) is 20.1. The van der Waals surface area contributed by atoms with E-state index in [-0.39, 0.29) is 25.2 Å². The molecule has 4 rings (SSSR count). The Morgan fingerprint density at radius 1 is 0.941 bits per heavy atom. The lowest BCUT2D eigenvalue weighted by atomic mass is 9.94. The molecule has 186 valence electrons. The Morgan fingerprint density at radius 3 is 1.79 bits per heavy atom. The number of carbonyl (C=O) groups is 1. The zero-order valence-corrected chi connectivity index (χ0v) is 20.9. The van der Waals surface area contributed by atoms with Gasteiger partial charge in [-0.2, -0.15) is 8.42 Å². The first-order chi connectivity index (χ1) is 15.9. The molecule has 9 heteroatoms. The fourth-order valence-electron chi connectivity index (χ4n) is 3.81. The Balaban J connectivity index is 0.000000192. The molecule has 0 aliphatic carbocycles. The quantitative estimate of drug-likeness (QED) is 0.644. The maximum Gasteiger partial charge on any atom is 0.410 e. The molecule has 2 aliphatic rings. The van der Waals surface area contributed by atoms with Gasteiger partial charge in [-0.15, -0.1) is 0 Å². The highest BCUT2D eigenvalue weighted by Gasteiger charge is 2.36. The maximum absolute atomic E-state index is 11.5. The average Bonchev–Trinajstić information content (AvgIpc) is 2.69. The molecule has 0 atom stereocenters. The van der Waals surface area contributed by atoms with Gasteiger partial charge in [0.25, 0.3) is 10.1 Å². The van der Waals surface area contributed by atoms with Gasteiger partial charge in [0.05, 0.1) is 31.5 Å². The predicted octanol–water partition coefficient (Wildman–Crippen LogP) is 3.03. The van der Waals surface area contributed by atoms with E-state index in [0.717, 1.165) is 19.3 Å². The van der Waals surface area contributed by atoms with Crippen LogP contribution in [0.4, 0.5) is 4.79 Å². The Hall–Kier alpha value is -2.46. The number of ether oxygens (including phenoxy) is 1. The van der Waals surface area contributed by atoms with Crippen LogP contribution in [0.15, 0.2) is 60.7 Å². The van der Waals surface area contributed by atoms with E-state index in [0.29, 0.717) is 0 Å². The number of hydrogen-bond donors (Lipinski definition) is 1. The Kier molecular flexibility index (Phi) is 8.35. The van der Waals surface area contributed by atoms with Crippen LogP contribution in [0.2, 0.25) is 0 Å². The number of carbonyl (C=O) groups excluding carboxylic acids is 1. The second-order valence-electron chi connectivity index (χ2n) is 9.64. The SMILES string of the molecule is CC(C)(C)OC(=O)N1CC(OS(C)(=O)=O)C1.OC1CN(C(c2ccccc2)c2ccccc2)C1. The summed E-state index contributed by atoms with van der Waals surface area (Å²) in [5.41, 5.74) is 2.03. The van der Waals surface area contributed by atoms with Crippen molar-refractivity contribution in [1.29, 1.82) is 0 Å². The monoisotopic (exact) mass is 490 g/mol. The molecule has 0 unspecified atom stereocenters. The molecule has 2 fully saturated rings. The van der Waals surface area contributed by atoms with Crippen LogP contribution in [0, 0.1) is 0 Å². The van der Waals surface area contributed by atoms with Gasteiger partial charge in [-0.05, 0) is 31.9 Å². The molecular weight excluding hydrogens is 456 g/mol. The first-order valence-corrected chi connectivity index (χ1v) is 13.1. The van der Waals surface area contributed by atoms with Gasteiger partial charge in [-0.3, -0.25) is 9.08 Å². The molecule has 0 bridgehead atoms. The molecular formula is C25H34N2O6S. The number of rotatable bonds is 5. The summed E-state index contributed by atoms with van der Waals surface area (Å²) in [5.74, 6) is 0. The fraction of sp³-hybridized carbons (Fsp3) is 0.480. The van der Waals surface area contributed by atoms with Crippen LogP contribution in [0.25, 0.3) is 0 Å². The second-order valence-corrected chi connectivity index (χ2v) is 11.2. The van der Waals surface area contributed by atoms with Gasteiger partial charge in [0.1, 0.15) is 11.7 Å². The molecule has 0 radical (unpaired) electrons. The van der Waals surface area contributed by atoms with Crippen LogP contribution >= 0.6 is 0 Å². The van der Waals surface area contributed by atoms with Crippen LogP contribution in [0.5, 0.6) is 0 Å². The minimum Gasteiger partial charge on any atom is -0.444 e. The van der Waals surface area contributed by atoms with Crippen molar-refractivity contribution in [3.63, 3.8) is 0 Å². The average molecular weight is 491 g/mol. The van der Waals surface area contributed by atoms with E-state index in [1.165, 1.54) is 16.0 Å². The molecule has 0 saturated carbocycles. The van der Waals surface area contributed by atoms with E-state index in [4.69, 9.17) is 8.92 Å². The van der Waals surface area contributed by atoms with E-state index in [1.54, 1.807) is 20.8 Å². The number of hydrogen-bond acceptors (Lipinski definition) is 7. The molecule has 8 nitrogen and oxygen atoms in total. The third-order valence-corrected chi connectivity index (χ3v) is 5.92. The Morgan fingerprint density at radius 2 is 1.41 bits per heavy atom. The lowest BCUT2D eigenvalue weighted by molar-refractivity contribution is -0.0204. The van der Waals surface area contributed by atoms with Crippen molar-refractivity contribution < 1.29 is 27.2 Å². The number of aliphatic hydroxyl groups is 1. The molecule has 1 amide bonds. The van der Waals surface area contributed by atoms with Gasteiger partial charge < -0.3 is 14.7 Å². The summed E-state index contributed by atoms with van der Waals surface area (Å²) in [4.78, 5) is 15.2. The van der Waals surface area contributed by atoms with E-state index in [9.17, 15) is 18.3 Å². The van der Waals surface area contributed by atoms with Crippen molar-refractivity contribution in [2.24, 2.45) is 0 Å². The summed E-state index contributed by atoms with van der Waals surface area (Å²) in [6, 6.07) is 21.2. The van der Waals surface area contributed by atoms with Crippen molar-refractivity contribution in [3.05, 3.63) is 71.8 Å². The van der Waals surface area contributed by atoms with Crippen LogP contribution in [-0.2, 0) is 19.0 Å². The number of β-amino-alcohol motifs (C(OH)–C–C–N with tert-alkyl or cyclic N) is 1. The first-order valence-electron chi connectivity index (χ1n) is 11.3. The second kappa shape index (κ2) is 10.9. The highest BCUT2D eigenvalue weighted by Crippen LogP contribution is 2.31. The van der Waals surface area contributed by atoms with Crippen LogP contribution in [0.3, 0.4) is 0 Å². The molecule has 0 spiro atoms. The van der Waals surface area contributed by atoms with E-state index < -0.39 is 27.9 Å². The van der Waals surface area contributed by atoms with Gasteiger partial charge in [0.15, 0.2) is 0 Å². The molecule has 2 aromatic rings. The van der Waals surface area contributed by atoms with Crippen molar-refractivity contribution >= 4 is 16.2 Å². The molecule has 2 aromatic carbocycles. The molecule has 2 aliphatic heterocycles. The van der Waals surface area contributed by atoms with Crippen LogP contribution in [0.1, 0.15) is 37.9 Å². The lowest BCUT2D eigenvalue weighted by Gasteiger charge is -2.42. The van der Waals surface area contributed by atoms with Crippen LogP contribution < -0.4 is 0 Å². The number of benzene rings is 2. The van der Waals surface area contributed by atoms with Crippen LogP contribution in [-0.4, -0.2) is 79.7 Å². The smallest absolute Gasteiger partial charge is 0.410 e. The Labute approximate surface area is 202 Å². The van der Waals surface area contributed by atoms with Gasteiger partial charge in [0, 0.05) is 13.1 Å². The number of likely N-dealkylation sites (tertiary alicyclic amines) is 2. The predicted molar refractivity (Wildman–Crippen MR) is 130 cm³/mol. The number of nitrogens with zero attached hydrogens (tertiary/aromatic N) is 2. The van der Waals surface area contributed by atoms with Gasteiger partial charge in [-0.25, -0.2) is 4.79 Å². The van der Waals surface area contributed by atoms with Gasteiger partial charge in [-0.1, -0.05) is 60.7 Å². The zero-order chi connectivity index (χ0) is 24.9. The summed E-state index contributed by atoms with van der Waals surface area (Å²) in [6.45, 7) is 7.34. The van der Waals surface area contributed by atoms with Crippen molar-refractivity contribution in [2.75, 3.05) is 32.4 Å². The normalized spacial score (nSPS) is 17.4. The summed E-state index contributed by atoms with van der Waals surface area (Å²) in [5, 5.41) is 9.52. The van der Waals surface area contributed by atoms with Crippen molar-refractivity contribution in [2.45, 2.75) is 44.6 Å². The standard InChI is InChI=1S/C16H17NO.C9H17NO5S/c18-15-11-17(12-15)16(13-7-3-1-4-8-13)14-9-5-2-6-10-14;1-9(2,3)14-8(11)10-5-7(6-10)15-16(4,12)13/h1-10,15-16,18H,11-12H2;7H,5-6H2,1-4H3. The van der Waals surface area contributed by atoms with E-state index >= 15 is 0 Å². The third-order valence-electron chi connectivity index (χ3n) is 5.30. The van der Waals surface area contributed by atoms with Crippen molar-refractivity contribution in [3.8, 4) is 0 Å². The summed E-state index contributed by atoms with van der Waals surface area (Å²) < 4.78 is 31.4. The lowest BCUT2D eigenvalue weighted by Crippen LogP contribution is -2.56. The third kappa shape index (κ3) is 7.80. The number of aliphatic hydroxyl groups excluding tert-OH is 1. The largest absolute Gasteiger partial charge is 0.444 e.